The van der Waals surface area contributed by atoms with Crippen LogP contribution in [0.1, 0.15) is 35.4 Å². The van der Waals surface area contributed by atoms with Gasteiger partial charge in [0.15, 0.2) is 11.8 Å². The van der Waals surface area contributed by atoms with E-state index in [1.807, 2.05) is 13.1 Å². The van der Waals surface area contributed by atoms with Gasteiger partial charge in [0, 0.05) is 30.6 Å². The Bertz CT molecular complexity index is 606. The lowest BCUT2D eigenvalue weighted by Gasteiger charge is -2.09. The lowest BCUT2D eigenvalue weighted by atomic mass is 10.4. The molecule has 0 fully saturated rings. The Morgan fingerprint density at radius 3 is 2.86 bits per heavy atom. The monoisotopic (exact) mass is 322 g/mol. The molecule has 0 atom stereocenters. The number of rotatable bonds is 7. The first-order valence-electron chi connectivity index (χ1n) is 7.46. The zero-order valence-electron chi connectivity index (χ0n) is 13.2. The van der Waals surface area contributed by atoms with Crippen molar-refractivity contribution in [1.29, 1.82) is 0 Å². The molecule has 22 heavy (non-hydrogen) atoms. The Kier molecular flexibility index (Phi) is 6.32. The van der Waals surface area contributed by atoms with Gasteiger partial charge in [0.2, 0.25) is 5.89 Å². The minimum Gasteiger partial charge on any atom is -0.357 e. The zero-order chi connectivity index (χ0) is 15.8. The Labute approximate surface area is 134 Å². The van der Waals surface area contributed by atoms with Gasteiger partial charge in [-0.05, 0) is 20.3 Å². The Hall–Kier alpha value is -1.96. The maximum absolute atomic E-state index is 5.05. The molecule has 2 heterocycles. The number of nitrogens with one attached hydrogen (secondary N) is 2. The maximum Gasteiger partial charge on any atom is 0.248 e. The molecule has 7 nitrogen and oxygen atoms in total. The second-order valence-corrected chi connectivity index (χ2v) is 5.88. The van der Waals surface area contributed by atoms with Crippen molar-refractivity contribution in [3.63, 3.8) is 0 Å². The summed E-state index contributed by atoms with van der Waals surface area (Å²) < 4.78 is 5.05. The molecule has 0 bridgehead atoms. The number of aromatic nitrogens is 3. The molecule has 0 saturated heterocycles. The van der Waals surface area contributed by atoms with Crippen LogP contribution < -0.4 is 10.6 Å². The van der Waals surface area contributed by atoms with E-state index in [1.54, 1.807) is 18.3 Å². The molecule has 2 aromatic heterocycles. The van der Waals surface area contributed by atoms with Crippen LogP contribution in [0.15, 0.2) is 15.7 Å². The van der Waals surface area contributed by atoms with E-state index in [9.17, 15) is 0 Å². The number of hydrogen-bond acceptors (Lipinski definition) is 6. The summed E-state index contributed by atoms with van der Waals surface area (Å²) in [5.41, 5.74) is 0. The molecule has 2 N–H and O–H groups in total. The minimum absolute atomic E-state index is 0.368. The molecule has 0 saturated carbocycles. The highest BCUT2D eigenvalue weighted by Crippen LogP contribution is 2.13. The van der Waals surface area contributed by atoms with Crippen LogP contribution in [-0.4, -0.2) is 34.2 Å². The Morgan fingerprint density at radius 2 is 2.23 bits per heavy atom. The van der Waals surface area contributed by atoms with Crippen LogP contribution in [0.5, 0.6) is 0 Å². The second-order valence-electron chi connectivity index (χ2n) is 4.68. The normalized spacial score (nSPS) is 11.7. The fourth-order valence-corrected chi connectivity index (χ4v) is 2.67. The van der Waals surface area contributed by atoms with E-state index in [-0.39, 0.29) is 0 Å². The first-order valence-corrected chi connectivity index (χ1v) is 8.27. The second kappa shape index (κ2) is 8.47. The predicted octanol–water partition coefficient (Wildman–Crippen LogP) is 1.69. The van der Waals surface area contributed by atoms with Gasteiger partial charge in [-0.1, -0.05) is 12.1 Å². The molecule has 0 aliphatic heterocycles. The number of hydrogen-bond donors (Lipinski definition) is 2. The number of aryl methyl sites for hydroxylation is 2. The standard InChI is InChI=1S/C14H22N6OS/c1-4-11-8-17-13(22-11)6-7-16-14(15-5-2)18-9-12-19-10(3)20-21-12/h8H,4-7,9H2,1-3H3,(H2,15,16,18). The van der Waals surface area contributed by atoms with Gasteiger partial charge < -0.3 is 15.2 Å². The van der Waals surface area contributed by atoms with Crippen LogP contribution in [0.4, 0.5) is 0 Å². The summed E-state index contributed by atoms with van der Waals surface area (Å²) in [6.45, 7) is 7.91. The first-order chi connectivity index (χ1) is 10.7. The van der Waals surface area contributed by atoms with Gasteiger partial charge in [-0.25, -0.2) is 9.98 Å². The van der Waals surface area contributed by atoms with Gasteiger partial charge in [0.25, 0.3) is 0 Å². The van der Waals surface area contributed by atoms with Crippen LogP contribution in [-0.2, 0) is 19.4 Å². The molecular weight excluding hydrogens is 300 g/mol. The van der Waals surface area contributed by atoms with Gasteiger partial charge in [-0.15, -0.1) is 11.3 Å². The molecule has 0 aliphatic rings. The topological polar surface area (TPSA) is 88.2 Å². The van der Waals surface area contributed by atoms with E-state index < -0.39 is 0 Å². The molecule has 2 rings (SSSR count). The minimum atomic E-state index is 0.368. The largest absolute Gasteiger partial charge is 0.357 e. The Balaban J connectivity index is 1.82. The third kappa shape index (κ3) is 5.10. The lowest BCUT2D eigenvalue weighted by molar-refractivity contribution is 0.376. The molecule has 8 heteroatoms. The van der Waals surface area contributed by atoms with Crippen molar-refractivity contribution in [2.45, 2.75) is 40.2 Å². The third-order valence-electron chi connectivity index (χ3n) is 2.87. The van der Waals surface area contributed by atoms with Crippen molar-refractivity contribution in [1.82, 2.24) is 25.8 Å². The SMILES string of the molecule is CCNC(=NCc1nc(C)no1)NCCc1ncc(CC)s1. The fraction of sp³-hybridized carbons (Fsp3) is 0.571. The van der Waals surface area contributed by atoms with E-state index in [1.165, 1.54) is 4.88 Å². The molecule has 120 valence electrons. The van der Waals surface area contributed by atoms with Gasteiger partial charge in [-0.3, -0.25) is 0 Å². The number of thiazole rings is 1. The van der Waals surface area contributed by atoms with Crippen molar-refractivity contribution < 1.29 is 4.52 Å². The van der Waals surface area contributed by atoms with Crippen LogP contribution in [0.2, 0.25) is 0 Å². The van der Waals surface area contributed by atoms with E-state index in [0.29, 0.717) is 18.3 Å². The van der Waals surface area contributed by atoms with Crippen molar-refractivity contribution in [2.75, 3.05) is 13.1 Å². The summed E-state index contributed by atoms with van der Waals surface area (Å²) in [6.07, 6.45) is 3.88. The summed E-state index contributed by atoms with van der Waals surface area (Å²) in [5.74, 6) is 1.88. The highest BCUT2D eigenvalue weighted by Gasteiger charge is 2.04. The summed E-state index contributed by atoms with van der Waals surface area (Å²) in [6, 6.07) is 0. The van der Waals surface area contributed by atoms with E-state index in [4.69, 9.17) is 4.52 Å². The average molecular weight is 322 g/mol. The van der Waals surface area contributed by atoms with Crippen LogP contribution >= 0.6 is 11.3 Å². The molecule has 0 unspecified atom stereocenters. The Morgan fingerprint density at radius 1 is 1.36 bits per heavy atom. The van der Waals surface area contributed by atoms with Crippen LogP contribution in [0, 0.1) is 6.92 Å². The van der Waals surface area contributed by atoms with Gasteiger partial charge in [0.05, 0.1) is 5.01 Å². The molecule has 0 spiro atoms. The van der Waals surface area contributed by atoms with Crippen molar-refractivity contribution in [2.24, 2.45) is 4.99 Å². The predicted molar refractivity (Wildman–Crippen MR) is 87.0 cm³/mol. The van der Waals surface area contributed by atoms with E-state index in [2.05, 4.69) is 37.7 Å². The maximum atomic E-state index is 5.05. The van der Waals surface area contributed by atoms with Gasteiger partial charge in [-0.2, -0.15) is 4.98 Å². The lowest BCUT2D eigenvalue weighted by Crippen LogP contribution is -2.38. The molecule has 0 aromatic carbocycles. The number of guanidine groups is 1. The summed E-state index contributed by atoms with van der Waals surface area (Å²) >= 11 is 1.77. The van der Waals surface area contributed by atoms with E-state index >= 15 is 0 Å². The molecule has 0 amide bonds. The van der Waals surface area contributed by atoms with Crippen molar-refractivity contribution in [3.05, 3.63) is 27.8 Å². The summed E-state index contributed by atoms with van der Waals surface area (Å²) in [5, 5.41) is 11.4. The fourth-order valence-electron chi connectivity index (χ4n) is 1.81. The first kappa shape index (κ1) is 16.4. The molecule has 0 radical (unpaired) electrons. The smallest absolute Gasteiger partial charge is 0.248 e. The van der Waals surface area contributed by atoms with E-state index in [0.717, 1.165) is 36.9 Å². The molecule has 2 aromatic rings. The van der Waals surface area contributed by atoms with Crippen LogP contribution in [0.3, 0.4) is 0 Å². The quantitative estimate of drug-likeness (QED) is 0.596. The van der Waals surface area contributed by atoms with Crippen molar-refractivity contribution in [3.8, 4) is 0 Å². The summed E-state index contributed by atoms with van der Waals surface area (Å²) in [4.78, 5) is 14.3. The highest BCUT2D eigenvalue weighted by atomic mass is 32.1. The third-order valence-corrected chi connectivity index (χ3v) is 4.07. The summed E-state index contributed by atoms with van der Waals surface area (Å²) in [7, 11) is 0. The van der Waals surface area contributed by atoms with Gasteiger partial charge in [0.1, 0.15) is 6.54 Å². The zero-order valence-corrected chi connectivity index (χ0v) is 14.0. The highest BCUT2D eigenvalue weighted by molar-refractivity contribution is 7.11. The van der Waals surface area contributed by atoms with Gasteiger partial charge >= 0.3 is 0 Å². The number of aliphatic imine (C=N–C) groups is 1. The molecule has 0 aliphatic carbocycles. The van der Waals surface area contributed by atoms with Crippen LogP contribution in [0.25, 0.3) is 0 Å². The molecular formula is C14H22N6OS. The average Bonchev–Trinajstić information content (AvgIpc) is 3.13. The number of nitrogens with zero attached hydrogens (tertiary/aromatic N) is 4. The van der Waals surface area contributed by atoms with Crippen molar-refractivity contribution >= 4 is 17.3 Å².